The van der Waals surface area contributed by atoms with Crippen LogP contribution in [0.4, 0.5) is 10.1 Å². The summed E-state index contributed by atoms with van der Waals surface area (Å²) in [6.07, 6.45) is -0.876. The van der Waals surface area contributed by atoms with Gasteiger partial charge >= 0.3 is 0 Å². The molecule has 10 nitrogen and oxygen atoms in total. The summed E-state index contributed by atoms with van der Waals surface area (Å²) in [6, 6.07) is 16.4. The average molecular weight is 620 g/mol. The first-order chi connectivity index (χ1) is 19.8. The number of hydrogen-bond acceptors (Lipinski definition) is 7. The minimum absolute atomic E-state index is 0.0723. The van der Waals surface area contributed by atoms with Gasteiger partial charge in [0.25, 0.3) is 10.0 Å². The molecule has 1 aliphatic rings. The van der Waals surface area contributed by atoms with Crippen LogP contribution in [0.3, 0.4) is 0 Å². The fourth-order valence-electron chi connectivity index (χ4n) is 4.66. The second-order valence-corrected chi connectivity index (χ2v) is 14.1. The number of rotatable bonds is 9. The normalized spacial score (nSPS) is 18.8. The van der Waals surface area contributed by atoms with Gasteiger partial charge < -0.3 is 14.7 Å². The van der Waals surface area contributed by atoms with Gasteiger partial charge in [0.05, 0.1) is 35.4 Å². The summed E-state index contributed by atoms with van der Waals surface area (Å²) >= 11 is 0. The highest BCUT2D eigenvalue weighted by Crippen LogP contribution is 2.30. The van der Waals surface area contributed by atoms with Crippen LogP contribution in [0.5, 0.6) is 5.75 Å². The highest BCUT2D eigenvalue weighted by atomic mass is 32.2. The number of nitrogens with one attached hydrogen (secondary N) is 1. The van der Waals surface area contributed by atoms with E-state index in [0.29, 0.717) is 11.3 Å². The van der Waals surface area contributed by atoms with E-state index < -0.39 is 38.0 Å². The Kier molecular flexibility index (Phi) is 9.56. The van der Waals surface area contributed by atoms with E-state index in [2.05, 4.69) is 4.72 Å². The van der Waals surface area contributed by atoms with Crippen LogP contribution in [0, 0.1) is 11.7 Å². The fourth-order valence-corrected chi connectivity index (χ4v) is 6.92. The Morgan fingerprint density at radius 3 is 2.36 bits per heavy atom. The number of nitrogens with zero attached hydrogens (tertiary/aromatic N) is 2. The molecule has 1 amide bonds. The lowest BCUT2D eigenvalue weighted by Gasteiger charge is -2.33. The van der Waals surface area contributed by atoms with Crippen LogP contribution >= 0.6 is 0 Å². The van der Waals surface area contributed by atoms with Crippen molar-refractivity contribution in [3.63, 3.8) is 0 Å². The average Bonchev–Trinajstić information content (AvgIpc) is 3.00. The number of anilines is 1. The zero-order valence-corrected chi connectivity index (χ0v) is 25.1. The maximum absolute atomic E-state index is 13.4. The van der Waals surface area contributed by atoms with Crippen LogP contribution in [0.15, 0.2) is 82.6 Å². The first-order valence-corrected chi connectivity index (χ1v) is 16.2. The predicted octanol–water partition coefficient (Wildman–Crippen LogP) is 3.10. The monoisotopic (exact) mass is 619 g/mol. The van der Waals surface area contributed by atoms with Gasteiger partial charge in [-0.2, -0.15) is 4.31 Å². The number of aliphatic hydroxyl groups is 1. The Morgan fingerprint density at radius 1 is 1.05 bits per heavy atom. The molecular weight excluding hydrogens is 585 g/mol. The maximum Gasteiger partial charge on any atom is 0.261 e. The van der Waals surface area contributed by atoms with Crippen molar-refractivity contribution in [2.24, 2.45) is 5.92 Å². The molecule has 0 saturated heterocycles. The topological polar surface area (TPSA) is 133 Å². The Labute approximate surface area is 245 Å². The van der Waals surface area contributed by atoms with E-state index in [-0.39, 0.29) is 53.4 Å². The molecule has 0 aromatic heterocycles. The zero-order valence-electron chi connectivity index (χ0n) is 23.5. The highest BCUT2D eigenvalue weighted by molar-refractivity contribution is 7.92. The molecule has 226 valence electrons. The van der Waals surface area contributed by atoms with Crippen LogP contribution < -0.4 is 9.46 Å². The second kappa shape index (κ2) is 12.8. The van der Waals surface area contributed by atoms with Gasteiger partial charge in [-0.15, -0.1) is 0 Å². The molecule has 3 atom stereocenters. The molecule has 0 fully saturated rings. The van der Waals surface area contributed by atoms with Gasteiger partial charge in [-0.3, -0.25) is 9.52 Å². The van der Waals surface area contributed by atoms with Crippen molar-refractivity contribution in [1.82, 2.24) is 9.21 Å². The highest BCUT2D eigenvalue weighted by Gasteiger charge is 2.33. The number of ether oxygens (including phenoxy) is 1. The zero-order chi connectivity index (χ0) is 30.7. The number of sulfonamides is 2. The third-order valence-corrected chi connectivity index (χ3v) is 10.4. The number of amides is 1. The number of carbonyl (C=O) groups excluding carboxylic acids is 1. The third-order valence-electron chi connectivity index (χ3n) is 7.18. The lowest BCUT2D eigenvalue weighted by Crippen LogP contribution is -2.48. The van der Waals surface area contributed by atoms with E-state index >= 15 is 0 Å². The molecule has 0 spiro atoms. The van der Waals surface area contributed by atoms with Crippen LogP contribution in [0.2, 0.25) is 0 Å². The molecule has 13 heteroatoms. The van der Waals surface area contributed by atoms with Crippen molar-refractivity contribution in [2.45, 2.75) is 42.2 Å². The van der Waals surface area contributed by atoms with E-state index in [1.54, 1.807) is 31.2 Å². The molecule has 3 aromatic rings. The van der Waals surface area contributed by atoms with Gasteiger partial charge in [-0.05, 0) is 61.5 Å². The van der Waals surface area contributed by atoms with E-state index in [1.165, 1.54) is 48.3 Å². The van der Waals surface area contributed by atoms with Crippen molar-refractivity contribution in [3.8, 4) is 5.75 Å². The van der Waals surface area contributed by atoms with Gasteiger partial charge in [0.2, 0.25) is 15.9 Å². The molecule has 0 saturated carbocycles. The molecule has 0 unspecified atom stereocenters. The molecule has 0 bridgehead atoms. The summed E-state index contributed by atoms with van der Waals surface area (Å²) in [5.41, 5.74) is 0.613. The summed E-state index contributed by atoms with van der Waals surface area (Å²) in [5.74, 6) is -0.941. The minimum Gasteiger partial charge on any atom is -0.488 e. The van der Waals surface area contributed by atoms with Gasteiger partial charge in [-0.25, -0.2) is 21.2 Å². The van der Waals surface area contributed by atoms with E-state index in [0.717, 1.165) is 16.4 Å². The van der Waals surface area contributed by atoms with Crippen molar-refractivity contribution in [2.75, 3.05) is 31.5 Å². The van der Waals surface area contributed by atoms with Gasteiger partial charge in [-0.1, -0.05) is 25.1 Å². The summed E-state index contributed by atoms with van der Waals surface area (Å²) in [6.45, 7) is 3.32. The van der Waals surface area contributed by atoms with Gasteiger partial charge in [0, 0.05) is 30.8 Å². The number of aliphatic hydroxyl groups excluding tert-OH is 1. The van der Waals surface area contributed by atoms with Gasteiger partial charge in [0.15, 0.2) is 0 Å². The SMILES string of the molecule is C[C@H]1CN([C@@H](C)CO)C(=O)Cc2cc(NS(=O)(=O)c3ccccc3)ccc2O[C@H]1CN(C)S(=O)(=O)c1ccc(F)cc1. The second-order valence-electron chi connectivity index (χ2n) is 10.4. The summed E-state index contributed by atoms with van der Waals surface area (Å²) < 4.78 is 75.7. The number of carbonyl (C=O) groups is 1. The first-order valence-electron chi connectivity index (χ1n) is 13.3. The number of fused-ring (bicyclic) bond motifs is 1. The predicted molar refractivity (Wildman–Crippen MR) is 155 cm³/mol. The van der Waals surface area contributed by atoms with Crippen molar-refractivity contribution in [1.29, 1.82) is 0 Å². The molecule has 42 heavy (non-hydrogen) atoms. The molecule has 2 N–H and O–H groups in total. The maximum atomic E-state index is 13.4. The summed E-state index contributed by atoms with van der Waals surface area (Å²) in [4.78, 5) is 14.9. The molecule has 1 aliphatic heterocycles. The first kappa shape index (κ1) is 31.4. The van der Waals surface area contributed by atoms with Crippen molar-refractivity contribution in [3.05, 3.63) is 84.2 Å². The number of halogens is 1. The van der Waals surface area contributed by atoms with Crippen LogP contribution in [-0.4, -0.2) is 75.9 Å². The van der Waals surface area contributed by atoms with Crippen LogP contribution in [0.1, 0.15) is 19.4 Å². The molecule has 3 aromatic carbocycles. The van der Waals surface area contributed by atoms with Crippen molar-refractivity contribution >= 4 is 31.6 Å². The number of benzene rings is 3. The Balaban J connectivity index is 1.68. The smallest absolute Gasteiger partial charge is 0.261 e. The number of hydrogen-bond donors (Lipinski definition) is 2. The van der Waals surface area contributed by atoms with E-state index in [9.17, 15) is 31.1 Å². The van der Waals surface area contributed by atoms with Crippen molar-refractivity contribution < 1.29 is 35.9 Å². The molecule has 1 heterocycles. The Bertz CT molecular complexity index is 1620. The third kappa shape index (κ3) is 7.09. The summed E-state index contributed by atoms with van der Waals surface area (Å²) in [5, 5.41) is 9.85. The molecule has 4 rings (SSSR count). The molecule has 0 aliphatic carbocycles. The largest absolute Gasteiger partial charge is 0.488 e. The minimum atomic E-state index is -4.00. The number of likely N-dealkylation sites (N-methyl/N-ethyl adjacent to an activating group) is 1. The lowest BCUT2D eigenvalue weighted by atomic mass is 10.0. The van der Waals surface area contributed by atoms with Crippen LogP contribution in [0.25, 0.3) is 0 Å². The molecular formula is C29H34FN3O7S2. The fraction of sp³-hybridized carbons (Fsp3) is 0.345. The van der Waals surface area contributed by atoms with Gasteiger partial charge in [0.1, 0.15) is 17.7 Å². The van der Waals surface area contributed by atoms with E-state index in [4.69, 9.17) is 4.74 Å². The molecule has 0 radical (unpaired) electrons. The standard InChI is InChI=1S/C29H34FN3O7S2/c1-20-17-33(21(2)19-34)29(35)16-22-15-24(31-41(36,37)25-7-5-4-6-8-25)11-14-27(22)40-28(20)18-32(3)42(38,39)26-12-9-23(30)10-13-26/h4-15,20-21,28,31,34H,16-19H2,1-3H3/t20-,21-,28-/m0/s1. The Morgan fingerprint density at radius 2 is 1.71 bits per heavy atom. The van der Waals surface area contributed by atoms with E-state index in [1.807, 2.05) is 6.92 Å². The quantitative estimate of drug-likeness (QED) is 0.376. The van der Waals surface area contributed by atoms with Crippen LogP contribution in [-0.2, 0) is 31.3 Å². The lowest BCUT2D eigenvalue weighted by molar-refractivity contribution is -0.134. The Hall–Kier alpha value is -3.52. The summed E-state index contributed by atoms with van der Waals surface area (Å²) in [7, 11) is -6.51.